The van der Waals surface area contributed by atoms with E-state index >= 15 is 0 Å². The van der Waals surface area contributed by atoms with Gasteiger partial charge in [0, 0.05) is 37.9 Å². The molecule has 2 aromatic carbocycles. The van der Waals surface area contributed by atoms with Crippen LogP contribution >= 0.6 is 0 Å². The Balaban J connectivity index is 1.68. The average molecular weight is 427 g/mol. The molecule has 0 saturated carbocycles. The van der Waals surface area contributed by atoms with Gasteiger partial charge in [0.2, 0.25) is 0 Å². The molecular formula is C25H35FN4O. The highest BCUT2D eigenvalue weighted by atomic mass is 19.1. The maximum atomic E-state index is 13.5. The first-order valence-electron chi connectivity index (χ1n) is 11.2. The average Bonchev–Trinajstić information content (AvgIpc) is 2.79. The SMILES string of the molecule is CCNC(=NCc1ccc(F)c(C)c1)NCC1(NC(C)c2ccccc2)CCOCC1. The summed E-state index contributed by atoms with van der Waals surface area (Å²) < 4.78 is 19.2. The molecule has 31 heavy (non-hydrogen) atoms. The lowest BCUT2D eigenvalue weighted by molar-refractivity contribution is 0.0355. The number of aliphatic imine (C=N–C) groups is 1. The number of nitrogens with one attached hydrogen (secondary N) is 3. The van der Waals surface area contributed by atoms with Crippen molar-refractivity contribution < 1.29 is 9.13 Å². The number of benzene rings is 2. The predicted molar refractivity (Wildman–Crippen MR) is 125 cm³/mol. The molecule has 168 valence electrons. The van der Waals surface area contributed by atoms with Crippen molar-refractivity contribution in [3.8, 4) is 0 Å². The van der Waals surface area contributed by atoms with Gasteiger partial charge in [0.15, 0.2) is 5.96 Å². The second kappa shape index (κ2) is 11.3. The van der Waals surface area contributed by atoms with Gasteiger partial charge in [0.1, 0.15) is 5.82 Å². The lowest BCUT2D eigenvalue weighted by Crippen LogP contribution is -2.58. The van der Waals surface area contributed by atoms with Gasteiger partial charge < -0.3 is 20.7 Å². The van der Waals surface area contributed by atoms with Crippen LogP contribution in [0.2, 0.25) is 0 Å². The molecule has 1 aliphatic rings. The zero-order valence-corrected chi connectivity index (χ0v) is 18.9. The van der Waals surface area contributed by atoms with Gasteiger partial charge in [-0.05, 0) is 56.4 Å². The Labute approximate surface area is 185 Å². The third-order valence-electron chi connectivity index (χ3n) is 5.85. The Kier molecular flexibility index (Phi) is 8.43. The van der Waals surface area contributed by atoms with E-state index in [-0.39, 0.29) is 17.4 Å². The molecule has 0 amide bonds. The molecule has 3 rings (SSSR count). The monoisotopic (exact) mass is 426 g/mol. The third kappa shape index (κ3) is 6.77. The van der Waals surface area contributed by atoms with Crippen LogP contribution in [0.3, 0.4) is 0 Å². The summed E-state index contributed by atoms with van der Waals surface area (Å²) in [5.41, 5.74) is 2.84. The summed E-state index contributed by atoms with van der Waals surface area (Å²) >= 11 is 0. The molecule has 1 fully saturated rings. The van der Waals surface area contributed by atoms with Gasteiger partial charge in [-0.2, -0.15) is 0 Å². The first kappa shape index (κ1) is 23.2. The Morgan fingerprint density at radius 3 is 2.55 bits per heavy atom. The highest BCUT2D eigenvalue weighted by molar-refractivity contribution is 5.79. The minimum absolute atomic E-state index is 0.0733. The fraction of sp³-hybridized carbons (Fsp3) is 0.480. The van der Waals surface area contributed by atoms with E-state index in [1.54, 1.807) is 13.0 Å². The van der Waals surface area contributed by atoms with Crippen molar-refractivity contribution in [3.05, 3.63) is 71.0 Å². The van der Waals surface area contributed by atoms with Crippen molar-refractivity contribution in [1.82, 2.24) is 16.0 Å². The maximum absolute atomic E-state index is 13.5. The molecule has 0 aromatic heterocycles. The molecule has 0 radical (unpaired) electrons. The van der Waals surface area contributed by atoms with Gasteiger partial charge in [-0.25, -0.2) is 9.38 Å². The lowest BCUT2D eigenvalue weighted by Gasteiger charge is -2.41. The van der Waals surface area contributed by atoms with E-state index in [0.29, 0.717) is 12.1 Å². The molecular weight excluding hydrogens is 391 g/mol. The fourth-order valence-electron chi connectivity index (χ4n) is 3.99. The van der Waals surface area contributed by atoms with Gasteiger partial charge in [0.05, 0.1) is 6.54 Å². The van der Waals surface area contributed by atoms with Crippen LogP contribution in [0.1, 0.15) is 49.4 Å². The number of ether oxygens (including phenoxy) is 1. The van der Waals surface area contributed by atoms with Gasteiger partial charge in [-0.1, -0.05) is 42.5 Å². The van der Waals surface area contributed by atoms with E-state index < -0.39 is 0 Å². The Bertz CT molecular complexity index is 850. The number of halogens is 1. The molecule has 5 nitrogen and oxygen atoms in total. The summed E-state index contributed by atoms with van der Waals surface area (Å²) in [7, 11) is 0. The highest BCUT2D eigenvalue weighted by Gasteiger charge is 2.34. The van der Waals surface area contributed by atoms with Crippen molar-refractivity contribution in [2.45, 2.75) is 51.7 Å². The molecule has 1 aliphatic heterocycles. The number of aryl methyl sites for hydroxylation is 1. The summed E-state index contributed by atoms with van der Waals surface area (Å²) in [6.07, 6.45) is 1.88. The zero-order chi connectivity index (χ0) is 22.1. The van der Waals surface area contributed by atoms with E-state index in [1.165, 1.54) is 11.6 Å². The van der Waals surface area contributed by atoms with E-state index in [2.05, 4.69) is 54.1 Å². The molecule has 0 spiro atoms. The predicted octanol–water partition coefficient (Wildman–Crippen LogP) is 4.09. The van der Waals surface area contributed by atoms with Crippen molar-refractivity contribution in [1.29, 1.82) is 0 Å². The summed E-state index contributed by atoms with van der Waals surface area (Å²) in [5.74, 6) is 0.585. The molecule has 1 heterocycles. The topological polar surface area (TPSA) is 57.7 Å². The van der Waals surface area contributed by atoms with E-state index in [9.17, 15) is 4.39 Å². The number of rotatable bonds is 8. The largest absolute Gasteiger partial charge is 0.381 e. The first-order valence-corrected chi connectivity index (χ1v) is 11.2. The smallest absolute Gasteiger partial charge is 0.191 e. The van der Waals surface area contributed by atoms with Crippen LogP contribution < -0.4 is 16.0 Å². The molecule has 2 aromatic rings. The van der Waals surface area contributed by atoms with Crippen LogP contribution in [0, 0.1) is 12.7 Å². The maximum Gasteiger partial charge on any atom is 0.191 e. The zero-order valence-electron chi connectivity index (χ0n) is 18.9. The Hall–Kier alpha value is -2.44. The van der Waals surface area contributed by atoms with Crippen LogP contribution in [-0.4, -0.2) is 37.8 Å². The van der Waals surface area contributed by atoms with E-state index in [0.717, 1.165) is 50.7 Å². The van der Waals surface area contributed by atoms with Crippen molar-refractivity contribution in [3.63, 3.8) is 0 Å². The van der Waals surface area contributed by atoms with Crippen molar-refractivity contribution in [2.75, 3.05) is 26.3 Å². The molecule has 1 atom stereocenters. The normalized spacial score (nSPS) is 17.2. The first-order chi connectivity index (χ1) is 15.0. The van der Waals surface area contributed by atoms with Crippen molar-refractivity contribution in [2.24, 2.45) is 4.99 Å². The minimum Gasteiger partial charge on any atom is -0.381 e. The van der Waals surface area contributed by atoms with Gasteiger partial charge in [-0.3, -0.25) is 0 Å². The Morgan fingerprint density at radius 2 is 1.87 bits per heavy atom. The van der Waals surface area contributed by atoms with Gasteiger partial charge in [0.25, 0.3) is 0 Å². The van der Waals surface area contributed by atoms with E-state index in [4.69, 9.17) is 9.73 Å². The van der Waals surface area contributed by atoms with Crippen LogP contribution in [0.15, 0.2) is 53.5 Å². The third-order valence-corrected chi connectivity index (χ3v) is 5.85. The Morgan fingerprint density at radius 1 is 1.13 bits per heavy atom. The number of hydrogen-bond donors (Lipinski definition) is 3. The summed E-state index contributed by atoms with van der Waals surface area (Å²) in [6, 6.07) is 15.9. The molecule has 6 heteroatoms. The molecule has 0 aliphatic carbocycles. The summed E-state index contributed by atoms with van der Waals surface area (Å²) in [5, 5.41) is 10.7. The van der Waals surface area contributed by atoms with Crippen LogP contribution in [0.4, 0.5) is 4.39 Å². The lowest BCUT2D eigenvalue weighted by atomic mass is 9.88. The minimum atomic E-state index is -0.183. The quantitative estimate of drug-likeness (QED) is 0.440. The highest BCUT2D eigenvalue weighted by Crippen LogP contribution is 2.25. The molecule has 1 unspecified atom stereocenters. The number of nitrogens with zero attached hydrogens (tertiary/aromatic N) is 1. The molecule has 3 N–H and O–H groups in total. The molecule has 1 saturated heterocycles. The molecule has 0 bridgehead atoms. The second-order valence-corrected chi connectivity index (χ2v) is 8.30. The van der Waals surface area contributed by atoms with Crippen LogP contribution in [-0.2, 0) is 11.3 Å². The number of guanidine groups is 1. The van der Waals surface area contributed by atoms with Crippen LogP contribution in [0.25, 0.3) is 0 Å². The van der Waals surface area contributed by atoms with Gasteiger partial charge >= 0.3 is 0 Å². The number of hydrogen-bond acceptors (Lipinski definition) is 3. The second-order valence-electron chi connectivity index (χ2n) is 8.30. The summed E-state index contributed by atoms with van der Waals surface area (Å²) in [6.45, 7) is 9.57. The fourth-order valence-corrected chi connectivity index (χ4v) is 3.99. The van der Waals surface area contributed by atoms with E-state index in [1.807, 2.05) is 12.1 Å². The van der Waals surface area contributed by atoms with Gasteiger partial charge in [-0.15, -0.1) is 0 Å². The standard InChI is InChI=1S/C25H35FN4O/c1-4-27-24(28-17-21-10-11-23(26)19(2)16-21)29-18-25(12-14-31-15-13-25)30-20(3)22-8-6-5-7-9-22/h5-11,16,20,30H,4,12-15,17-18H2,1-3H3,(H2,27,28,29). The van der Waals surface area contributed by atoms with Crippen LogP contribution in [0.5, 0.6) is 0 Å². The summed E-state index contributed by atoms with van der Waals surface area (Å²) in [4.78, 5) is 4.72. The van der Waals surface area contributed by atoms with Crippen molar-refractivity contribution >= 4 is 5.96 Å².